The first kappa shape index (κ1) is 14.5. The fraction of sp³-hybridized carbons (Fsp3) is 0.571. The molecular formula is C14H20O4. The van der Waals surface area contributed by atoms with Crippen LogP contribution in [0.4, 0.5) is 0 Å². The molecule has 100 valence electrons. The molecule has 0 heterocycles. The molecule has 0 saturated heterocycles. The number of hydrogen-bond donors (Lipinski definition) is 0. The van der Waals surface area contributed by atoms with E-state index in [1.807, 2.05) is 19.9 Å². The van der Waals surface area contributed by atoms with E-state index in [2.05, 4.69) is 6.58 Å². The van der Waals surface area contributed by atoms with Crippen LogP contribution in [0.15, 0.2) is 24.3 Å². The minimum absolute atomic E-state index is 0.374. The van der Waals surface area contributed by atoms with Gasteiger partial charge in [-0.3, -0.25) is 9.59 Å². The quantitative estimate of drug-likeness (QED) is 0.724. The van der Waals surface area contributed by atoms with Gasteiger partial charge >= 0.3 is 11.9 Å². The van der Waals surface area contributed by atoms with Crippen molar-refractivity contribution >= 4 is 11.9 Å². The van der Waals surface area contributed by atoms with Gasteiger partial charge in [-0.15, -0.1) is 0 Å². The molecule has 4 nitrogen and oxygen atoms in total. The Balaban J connectivity index is 3.04. The molecule has 0 aromatic carbocycles. The first-order valence-corrected chi connectivity index (χ1v) is 5.95. The zero-order valence-electron chi connectivity index (χ0n) is 11.4. The Morgan fingerprint density at radius 2 is 1.89 bits per heavy atom. The van der Waals surface area contributed by atoms with Crippen molar-refractivity contribution in [3.63, 3.8) is 0 Å². The monoisotopic (exact) mass is 252 g/mol. The first-order chi connectivity index (χ1) is 8.26. The van der Waals surface area contributed by atoms with Crippen molar-refractivity contribution in [1.29, 1.82) is 0 Å². The number of carbonyl (C=O) groups excluding carboxylic acids is 2. The van der Waals surface area contributed by atoms with Gasteiger partial charge in [0.2, 0.25) is 0 Å². The number of rotatable bonds is 3. The third-order valence-electron chi connectivity index (χ3n) is 2.94. The van der Waals surface area contributed by atoms with Crippen LogP contribution < -0.4 is 0 Å². The number of ether oxygens (including phenoxy) is 2. The highest BCUT2D eigenvalue weighted by Crippen LogP contribution is 2.37. The average molecular weight is 252 g/mol. The molecule has 0 bridgehead atoms. The van der Waals surface area contributed by atoms with E-state index in [1.54, 1.807) is 6.08 Å². The summed E-state index contributed by atoms with van der Waals surface area (Å²) in [5.41, 5.74) is 0.600. The van der Waals surface area contributed by atoms with Crippen molar-refractivity contribution in [2.45, 2.75) is 46.3 Å². The van der Waals surface area contributed by atoms with Crippen LogP contribution in [0.3, 0.4) is 0 Å². The summed E-state index contributed by atoms with van der Waals surface area (Å²) in [6.07, 6.45) is 3.34. The third kappa shape index (κ3) is 3.45. The molecule has 4 heteroatoms. The molecule has 0 unspecified atom stereocenters. The van der Waals surface area contributed by atoms with Crippen LogP contribution in [0.2, 0.25) is 0 Å². The molecule has 0 radical (unpaired) electrons. The lowest BCUT2D eigenvalue weighted by atomic mass is 9.75. The second-order valence-electron chi connectivity index (χ2n) is 5.13. The van der Waals surface area contributed by atoms with Crippen LogP contribution in [0, 0.1) is 5.41 Å². The molecule has 0 spiro atoms. The largest absolute Gasteiger partial charge is 0.458 e. The highest BCUT2D eigenvalue weighted by Gasteiger charge is 2.42. The van der Waals surface area contributed by atoms with Crippen LogP contribution in [0.5, 0.6) is 0 Å². The lowest BCUT2D eigenvalue weighted by molar-refractivity contribution is -0.173. The van der Waals surface area contributed by atoms with Gasteiger partial charge in [-0.2, -0.15) is 0 Å². The number of esters is 2. The van der Waals surface area contributed by atoms with E-state index in [0.29, 0.717) is 6.42 Å². The maximum atomic E-state index is 11.2. The Morgan fingerprint density at radius 3 is 2.33 bits per heavy atom. The van der Waals surface area contributed by atoms with Gasteiger partial charge in [-0.1, -0.05) is 32.6 Å². The van der Waals surface area contributed by atoms with E-state index >= 15 is 0 Å². The van der Waals surface area contributed by atoms with Gasteiger partial charge in [0, 0.05) is 25.7 Å². The van der Waals surface area contributed by atoms with Gasteiger partial charge in [-0.05, 0) is 5.57 Å². The van der Waals surface area contributed by atoms with Crippen molar-refractivity contribution in [3.8, 4) is 0 Å². The van der Waals surface area contributed by atoms with Gasteiger partial charge < -0.3 is 9.47 Å². The highest BCUT2D eigenvalue weighted by atomic mass is 16.6. The molecule has 0 amide bonds. The molecule has 0 aromatic heterocycles. The van der Waals surface area contributed by atoms with Crippen molar-refractivity contribution in [2.24, 2.45) is 5.41 Å². The minimum Gasteiger partial charge on any atom is -0.458 e. The standard InChI is InChI=1S/C14H20O4/c1-6-11-7-12(17-9(2)15)13(18-10(3)16)14(4,5)8-11/h6,8,12-13H,1,7H2,2-5H3/t12-,13+/m1/s1. The predicted molar refractivity (Wildman–Crippen MR) is 67.8 cm³/mol. The number of allylic oxidation sites excluding steroid dienone is 1. The normalized spacial score (nSPS) is 25.9. The van der Waals surface area contributed by atoms with Crippen molar-refractivity contribution in [2.75, 3.05) is 0 Å². The minimum atomic E-state index is -0.470. The zero-order valence-corrected chi connectivity index (χ0v) is 11.4. The summed E-state index contributed by atoms with van der Waals surface area (Å²) < 4.78 is 10.6. The summed E-state index contributed by atoms with van der Waals surface area (Å²) in [6.45, 7) is 10.3. The van der Waals surface area contributed by atoms with E-state index < -0.39 is 17.6 Å². The Labute approximate surface area is 108 Å². The van der Waals surface area contributed by atoms with Crippen LogP contribution >= 0.6 is 0 Å². The Hall–Kier alpha value is -1.58. The molecule has 0 N–H and O–H groups in total. The summed E-state index contributed by atoms with van der Waals surface area (Å²) in [7, 11) is 0. The highest BCUT2D eigenvalue weighted by molar-refractivity contribution is 5.67. The molecule has 0 saturated carbocycles. The van der Waals surface area contributed by atoms with Crippen LogP contribution in [-0.4, -0.2) is 24.1 Å². The summed E-state index contributed by atoms with van der Waals surface area (Å²) in [6, 6.07) is 0. The molecule has 0 fully saturated rings. The van der Waals surface area contributed by atoms with E-state index in [-0.39, 0.29) is 11.9 Å². The molecule has 2 atom stereocenters. The van der Waals surface area contributed by atoms with E-state index in [1.165, 1.54) is 13.8 Å². The molecule has 0 aliphatic heterocycles. The van der Waals surface area contributed by atoms with Crippen molar-refractivity contribution in [3.05, 3.63) is 24.3 Å². The molecule has 18 heavy (non-hydrogen) atoms. The fourth-order valence-corrected chi connectivity index (χ4v) is 2.30. The van der Waals surface area contributed by atoms with Crippen LogP contribution in [-0.2, 0) is 19.1 Å². The second-order valence-corrected chi connectivity index (χ2v) is 5.13. The van der Waals surface area contributed by atoms with Gasteiger partial charge in [-0.25, -0.2) is 0 Å². The van der Waals surface area contributed by atoms with E-state index in [0.717, 1.165) is 5.57 Å². The third-order valence-corrected chi connectivity index (χ3v) is 2.94. The fourth-order valence-electron chi connectivity index (χ4n) is 2.30. The van der Waals surface area contributed by atoms with Crippen molar-refractivity contribution < 1.29 is 19.1 Å². The molecular weight excluding hydrogens is 232 g/mol. The van der Waals surface area contributed by atoms with Crippen LogP contribution in [0.1, 0.15) is 34.1 Å². The predicted octanol–water partition coefficient (Wildman–Crippen LogP) is 2.39. The molecule has 1 aliphatic rings. The lowest BCUT2D eigenvalue weighted by Gasteiger charge is -2.40. The first-order valence-electron chi connectivity index (χ1n) is 5.95. The molecule has 1 aliphatic carbocycles. The molecule has 1 rings (SSSR count). The van der Waals surface area contributed by atoms with E-state index in [4.69, 9.17) is 9.47 Å². The summed E-state index contributed by atoms with van der Waals surface area (Å²) in [4.78, 5) is 22.3. The molecule has 0 aromatic rings. The van der Waals surface area contributed by atoms with Crippen LogP contribution in [0.25, 0.3) is 0 Å². The SMILES string of the molecule is C=CC1=CC(C)(C)[C@@H](OC(C)=O)[C@H](OC(C)=O)C1. The lowest BCUT2D eigenvalue weighted by Crippen LogP contribution is -2.46. The maximum Gasteiger partial charge on any atom is 0.303 e. The van der Waals surface area contributed by atoms with Gasteiger partial charge in [0.05, 0.1) is 0 Å². The number of carbonyl (C=O) groups is 2. The maximum absolute atomic E-state index is 11.2. The number of hydrogen-bond acceptors (Lipinski definition) is 4. The van der Waals surface area contributed by atoms with Gasteiger partial charge in [0.25, 0.3) is 0 Å². The zero-order chi connectivity index (χ0) is 13.9. The smallest absolute Gasteiger partial charge is 0.303 e. The topological polar surface area (TPSA) is 52.6 Å². The van der Waals surface area contributed by atoms with E-state index in [9.17, 15) is 9.59 Å². The van der Waals surface area contributed by atoms with Gasteiger partial charge in [0.15, 0.2) is 0 Å². The summed E-state index contributed by atoms with van der Waals surface area (Å²) >= 11 is 0. The Kier molecular flexibility index (Phi) is 4.33. The summed E-state index contributed by atoms with van der Waals surface area (Å²) in [5.74, 6) is -0.751. The summed E-state index contributed by atoms with van der Waals surface area (Å²) in [5, 5.41) is 0. The second kappa shape index (κ2) is 5.38. The average Bonchev–Trinajstić information content (AvgIpc) is 2.21. The van der Waals surface area contributed by atoms with Crippen molar-refractivity contribution in [1.82, 2.24) is 0 Å². The Morgan fingerprint density at radius 1 is 1.33 bits per heavy atom. The van der Waals surface area contributed by atoms with Gasteiger partial charge in [0.1, 0.15) is 12.2 Å². The Bertz CT molecular complexity index is 393.